The molecule has 4 rings (SSSR count). The van der Waals surface area contributed by atoms with Crippen molar-refractivity contribution in [1.82, 2.24) is 0 Å². The van der Waals surface area contributed by atoms with E-state index in [1.807, 2.05) is 78.9 Å². The molecule has 8 nitrogen and oxygen atoms in total. The van der Waals surface area contributed by atoms with Crippen molar-refractivity contribution < 1.29 is 28.6 Å². The lowest BCUT2D eigenvalue weighted by Crippen LogP contribution is -2.24. The summed E-state index contributed by atoms with van der Waals surface area (Å²) in [6.07, 6.45) is 0.779. The largest absolute Gasteiger partial charge is 0.496 e. The zero-order valence-corrected chi connectivity index (χ0v) is 23.6. The van der Waals surface area contributed by atoms with E-state index in [4.69, 9.17) is 23.7 Å². The first kappa shape index (κ1) is 29.3. The summed E-state index contributed by atoms with van der Waals surface area (Å²) < 4.78 is 29.1. The summed E-state index contributed by atoms with van der Waals surface area (Å²) in [6.45, 7) is 0.641. The highest BCUT2D eigenvalue weighted by atomic mass is 16.6. The first-order chi connectivity index (χ1) is 20.0. The van der Waals surface area contributed by atoms with E-state index in [9.17, 15) is 10.1 Å². The fourth-order valence-electron chi connectivity index (χ4n) is 4.67. The maximum atomic E-state index is 12.3. The zero-order valence-electron chi connectivity index (χ0n) is 23.6. The third kappa shape index (κ3) is 7.69. The van der Waals surface area contributed by atoms with Gasteiger partial charge in [0, 0.05) is 23.3 Å². The summed E-state index contributed by atoms with van der Waals surface area (Å²) in [4.78, 5) is 12.1. The van der Waals surface area contributed by atoms with Gasteiger partial charge in [0.2, 0.25) is 6.04 Å². The smallest absolute Gasteiger partial charge is 0.217 e. The summed E-state index contributed by atoms with van der Waals surface area (Å²) in [5.74, 6) is 2.61. The molecule has 1 unspecified atom stereocenters. The van der Waals surface area contributed by atoms with Gasteiger partial charge in [-0.15, -0.1) is 0 Å². The summed E-state index contributed by atoms with van der Waals surface area (Å²) in [7, 11) is 4.67. The Balaban J connectivity index is 1.56. The Labute approximate surface area is 240 Å². The highest BCUT2D eigenvalue weighted by Gasteiger charge is 2.28. The van der Waals surface area contributed by atoms with Gasteiger partial charge >= 0.3 is 0 Å². The molecule has 214 valence electrons. The molecule has 0 heterocycles. The Morgan fingerprint density at radius 3 is 1.76 bits per heavy atom. The Kier molecular flexibility index (Phi) is 10.4. The van der Waals surface area contributed by atoms with E-state index in [0.29, 0.717) is 47.3 Å². The van der Waals surface area contributed by atoms with Crippen molar-refractivity contribution in [3.63, 3.8) is 0 Å². The molecule has 0 saturated carbocycles. The average molecular weight is 558 g/mol. The Morgan fingerprint density at radius 1 is 0.659 bits per heavy atom. The van der Waals surface area contributed by atoms with Crippen molar-refractivity contribution in [2.24, 2.45) is 0 Å². The molecule has 0 aliphatic heterocycles. The molecule has 4 aromatic carbocycles. The number of para-hydroxylation sites is 1. The molecule has 0 aliphatic carbocycles. The molecule has 0 aliphatic rings. The van der Waals surface area contributed by atoms with Gasteiger partial charge in [0.15, 0.2) is 23.0 Å². The molecule has 0 bridgehead atoms. The predicted molar refractivity (Wildman–Crippen MR) is 157 cm³/mol. The highest BCUT2D eigenvalue weighted by molar-refractivity contribution is 5.54. The van der Waals surface area contributed by atoms with Crippen molar-refractivity contribution in [2.45, 2.75) is 38.5 Å². The number of aryl methyl sites for hydroxylation is 1. The van der Waals surface area contributed by atoms with Crippen molar-refractivity contribution in [2.75, 3.05) is 21.3 Å². The molecule has 0 N–H and O–H groups in total. The second-order valence-electron chi connectivity index (χ2n) is 9.46. The number of benzene rings is 4. The van der Waals surface area contributed by atoms with E-state index in [1.54, 1.807) is 33.5 Å². The van der Waals surface area contributed by atoms with Crippen LogP contribution in [0, 0.1) is 10.1 Å². The Bertz CT molecular complexity index is 1410. The van der Waals surface area contributed by atoms with Crippen LogP contribution in [0.1, 0.15) is 28.7 Å². The number of hydrogen-bond donors (Lipinski definition) is 0. The molecule has 0 radical (unpaired) electrons. The van der Waals surface area contributed by atoms with Gasteiger partial charge in [0.25, 0.3) is 0 Å². The van der Waals surface area contributed by atoms with Crippen LogP contribution in [-0.4, -0.2) is 32.3 Å². The number of methoxy groups -OCH3 is 3. The topological polar surface area (TPSA) is 89.3 Å². The third-order valence-electron chi connectivity index (χ3n) is 6.84. The second-order valence-corrected chi connectivity index (χ2v) is 9.46. The molecular weight excluding hydrogens is 522 g/mol. The van der Waals surface area contributed by atoms with Crippen LogP contribution < -0.4 is 23.7 Å². The van der Waals surface area contributed by atoms with E-state index >= 15 is 0 Å². The van der Waals surface area contributed by atoms with Gasteiger partial charge in [-0.25, -0.2) is 0 Å². The van der Waals surface area contributed by atoms with Crippen LogP contribution in [0.2, 0.25) is 0 Å². The highest BCUT2D eigenvalue weighted by Crippen LogP contribution is 2.40. The van der Waals surface area contributed by atoms with Gasteiger partial charge in [-0.05, 0) is 41.3 Å². The summed E-state index contributed by atoms with van der Waals surface area (Å²) in [6, 6.07) is 27.7. The number of hydrogen-bond acceptors (Lipinski definition) is 7. The standard InChI is InChI=1S/C33H35NO7/c1-37-29-19-20-31(39-3)33(41-23-25-13-8-5-9-14-25)28(29)21-27(34(35)36)18-17-26-15-10-16-30(38-2)32(26)40-22-24-11-6-4-7-12-24/h4-16,19-20,27H,17-18,21-23H2,1-3H3. The quantitative estimate of drug-likeness (QED) is 0.119. The molecule has 0 saturated heterocycles. The number of nitrogens with zero attached hydrogens (tertiary/aromatic N) is 1. The van der Waals surface area contributed by atoms with E-state index in [2.05, 4.69) is 0 Å². The summed E-state index contributed by atoms with van der Waals surface area (Å²) in [5, 5.41) is 12.3. The number of ether oxygens (including phenoxy) is 5. The van der Waals surface area contributed by atoms with Crippen LogP contribution in [0.4, 0.5) is 0 Å². The molecule has 1 atom stereocenters. The third-order valence-corrected chi connectivity index (χ3v) is 6.84. The predicted octanol–water partition coefficient (Wildman–Crippen LogP) is 6.69. The van der Waals surface area contributed by atoms with Gasteiger partial charge in [-0.1, -0.05) is 72.8 Å². The Hall–Kier alpha value is -4.72. The molecular formula is C33H35NO7. The molecule has 41 heavy (non-hydrogen) atoms. The van der Waals surface area contributed by atoms with Gasteiger partial charge in [0.1, 0.15) is 19.0 Å². The fraction of sp³-hybridized carbons (Fsp3) is 0.273. The van der Waals surface area contributed by atoms with Crippen LogP contribution >= 0.6 is 0 Å². The lowest BCUT2D eigenvalue weighted by atomic mass is 9.97. The van der Waals surface area contributed by atoms with Gasteiger partial charge in [-0.3, -0.25) is 10.1 Å². The lowest BCUT2D eigenvalue weighted by Gasteiger charge is -2.20. The van der Waals surface area contributed by atoms with Crippen molar-refractivity contribution in [1.29, 1.82) is 0 Å². The lowest BCUT2D eigenvalue weighted by molar-refractivity contribution is -0.523. The van der Waals surface area contributed by atoms with Crippen LogP contribution in [0.5, 0.6) is 28.7 Å². The van der Waals surface area contributed by atoms with Crippen LogP contribution in [0.25, 0.3) is 0 Å². The van der Waals surface area contributed by atoms with Gasteiger partial charge < -0.3 is 23.7 Å². The molecule has 0 aromatic heterocycles. The SMILES string of the molecule is COc1ccc(OC)c(OCc2ccccc2)c1CC(CCc1cccc(OC)c1OCc1ccccc1)[N+](=O)[O-]. The maximum Gasteiger partial charge on any atom is 0.217 e. The van der Waals surface area contributed by atoms with Crippen LogP contribution in [0.15, 0.2) is 91.0 Å². The van der Waals surface area contributed by atoms with Crippen molar-refractivity contribution in [3.8, 4) is 28.7 Å². The van der Waals surface area contributed by atoms with E-state index in [-0.39, 0.29) is 24.4 Å². The molecule has 8 heteroatoms. The normalized spacial score (nSPS) is 11.4. The molecule has 0 fully saturated rings. The van der Waals surface area contributed by atoms with Crippen molar-refractivity contribution in [3.05, 3.63) is 123 Å². The minimum atomic E-state index is -0.914. The monoisotopic (exact) mass is 557 g/mol. The zero-order chi connectivity index (χ0) is 29.0. The van der Waals surface area contributed by atoms with Gasteiger partial charge in [0.05, 0.1) is 21.3 Å². The average Bonchev–Trinajstić information content (AvgIpc) is 3.01. The molecule has 4 aromatic rings. The molecule has 0 amide bonds. The van der Waals surface area contributed by atoms with E-state index in [1.165, 1.54) is 0 Å². The first-order valence-corrected chi connectivity index (χ1v) is 13.4. The second kappa shape index (κ2) is 14.6. The number of rotatable bonds is 15. The molecule has 0 spiro atoms. The maximum absolute atomic E-state index is 12.3. The summed E-state index contributed by atoms with van der Waals surface area (Å²) >= 11 is 0. The van der Waals surface area contributed by atoms with E-state index in [0.717, 1.165) is 16.7 Å². The Morgan fingerprint density at radius 2 is 1.20 bits per heavy atom. The van der Waals surface area contributed by atoms with Crippen molar-refractivity contribution >= 4 is 0 Å². The number of nitro groups is 1. The van der Waals surface area contributed by atoms with Gasteiger partial charge in [-0.2, -0.15) is 0 Å². The minimum Gasteiger partial charge on any atom is -0.496 e. The van der Waals surface area contributed by atoms with Crippen LogP contribution in [0.3, 0.4) is 0 Å². The van der Waals surface area contributed by atoms with E-state index < -0.39 is 6.04 Å². The van der Waals surface area contributed by atoms with Crippen LogP contribution in [-0.2, 0) is 26.1 Å². The fourth-order valence-corrected chi connectivity index (χ4v) is 4.67. The summed E-state index contributed by atoms with van der Waals surface area (Å²) in [5.41, 5.74) is 3.41. The first-order valence-electron chi connectivity index (χ1n) is 13.4. The minimum absolute atomic E-state index is 0.0989.